The average Bonchev–Trinajstić information content (AvgIpc) is 2.66. The van der Waals surface area contributed by atoms with Crippen LogP contribution in [0.2, 0.25) is 0 Å². The lowest BCUT2D eigenvalue weighted by molar-refractivity contribution is -0.132. The van der Waals surface area contributed by atoms with Gasteiger partial charge in [-0.3, -0.25) is 9.59 Å². The zero-order chi connectivity index (χ0) is 10.6. The van der Waals surface area contributed by atoms with Crippen molar-refractivity contribution in [1.82, 2.24) is 10.2 Å². The van der Waals surface area contributed by atoms with Crippen LogP contribution < -0.4 is 5.32 Å². The number of halogens is 2. The molecule has 0 aromatic heterocycles. The number of amides is 2. The molecule has 1 atom stereocenters. The number of carbonyl (C=O) groups excluding carboxylic acids is 2. The van der Waals surface area contributed by atoms with E-state index >= 15 is 0 Å². The van der Waals surface area contributed by atoms with Gasteiger partial charge in [-0.15, -0.1) is 0 Å². The molecular formula is C8H12ClFN2O2. The molecule has 80 valence electrons. The Bertz CT molecular complexity index is 229. The Balaban J connectivity index is 2.23. The lowest BCUT2D eigenvalue weighted by Gasteiger charge is -2.15. The second-order valence-corrected chi connectivity index (χ2v) is 3.49. The van der Waals surface area contributed by atoms with E-state index in [0.29, 0.717) is 13.1 Å². The van der Waals surface area contributed by atoms with Crippen LogP contribution in [0.15, 0.2) is 0 Å². The third-order valence-electron chi connectivity index (χ3n) is 2.07. The van der Waals surface area contributed by atoms with E-state index in [-0.39, 0.29) is 12.5 Å². The largest absolute Gasteiger partial charge is 0.343 e. The Morgan fingerprint density at radius 3 is 2.50 bits per heavy atom. The second kappa shape index (κ2) is 5.14. The van der Waals surface area contributed by atoms with Crippen LogP contribution in [0, 0.1) is 0 Å². The summed E-state index contributed by atoms with van der Waals surface area (Å²) in [6, 6.07) is 0. The van der Waals surface area contributed by atoms with Gasteiger partial charge in [0.15, 0.2) is 0 Å². The fraction of sp³-hybridized carbons (Fsp3) is 0.750. The van der Waals surface area contributed by atoms with Crippen molar-refractivity contribution >= 4 is 23.4 Å². The summed E-state index contributed by atoms with van der Waals surface area (Å²) in [5.41, 5.74) is -2.08. The van der Waals surface area contributed by atoms with Crippen LogP contribution in [-0.2, 0) is 9.59 Å². The molecule has 14 heavy (non-hydrogen) atoms. The van der Waals surface area contributed by atoms with Crippen molar-refractivity contribution in [2.75, 3.05) is 19.6 Å². The van der Waals surface area contributed by atoms with Crippen molar-refractivity contribution < 1.29 is 14.0 Å². The van der Waals surface area contributed by atoms with Gasteiger partial charge in [-0.2, -0.15) is 0 Å². The molecule has 0 radical (unpaired) electrons. The highest BCUT2D eigenvalue weighted by molar-refractivity contribution is 6.29. The summed E-state index contributed by atoms with van der Waals surface area (Å²) in [6.45, 7) is 1.26. The fourth-order valence-corrected chi connectivity index (χ4v) is 1.40. The van der Waals surface area contributed by atoms with E-state index in [1.165, 1.54) is 0 Å². The summed E-state index contributed by atoms with van der Waals surface area (Å²) in [5.74, 6) is -1.15. The SMILES string of the molecule is O=C(NCC(=O)N1CCCC1)C(F)Cl. The van der Waals surface area contributed by atoms with E-state index in [1.54, 1.807) is 4.90 Å². The minimum absolute atomic E-state index is 0.175. The minimum atomic E-state index is -2.08. The third-order valence-corrected chi connectivity index (χ3v) is 2.27. The molecule has 1 N–H and O–H groups in total. The quantitative estimate of drug-likeness (QED) is 0.697. The van der Waals surface area contributed by atoms with Crippen molar-refractivity contribution in [1.29, 1.82) is 0 Å². The maximum Gasteiger partial charge on any atom is 0.270 e. The lowest BCUT2D eigenvalue weighted by atomic mass is 10.4. The van der Waals surface area contributed by atoms with Crippen LogP contribution in [-0.4, -0.2) is 42.0 Å². The molecule has 6 heteroatoms. The molecule has 4 nitrogen and oxygen atoms in total. The molecule has 1 rings (SSSR count). The fourth-order valence-electron chi connectivity index (χ4n) is 1.32. The van der Waals surface area contributed by atoms with Crippen molar-refractivity contribution in [3.05, 3.63) is 0 Å². The van der Waals surface area contributed by atoms with Crippen molar-refractivity contribution in [2.45, 2.75) is 18.5 Å². The zero-order valence-corrected chi connectivity index (χ0v) is 8.39. The highest BCUT2D eigenvalue weighted by Crippen LogP contribution is 2.06. The van der Waals surface area contributed by atoms with E-state index in [4.69, 9.17) is 11.6 Å². The van der Waals surface area contributed by atoms with Crippen LogP contribution in [0.4, 0.5) is 4.39 Å². The second-order valence-electron chi connectivity index (χ2n) is 3.11. The number of nitrogens with zero attached hydrogens (tertiary/aromatic N) is 1. The van der Waals surface area contributed by atoms with E-state index in [1.807, 2.05) is 0 Å². The normalized spacial score (nSPS) is 18.0. The number of likely N-dealkylation sites (tertiary alicyclic amines) is 1. The van der Waals surface area contributed by atoms with E-state index in [0.717, 1.165) is 12.8 Å². The van der Waals surface area contributed by atoms with Gasteiger partial charge in [-0.1, -0.05) is 11.6 Å². The van der Waals surface area contributed by atoms with Crippen LogP contribution in [0.3, 0.4) is 0 Å². The lowest BCUT2D eigenvalue weighted by Crippen LogP contribution is -2.40. The summed E-state index contributed by atoms with van der Waals surface area (Å²) < 4.78 is 12.2. The van der Waals surface area contributed by atoms with Gasteiger partial charge in [-0.05, 0) is 12.8 Å². The van der Waals surface area contributed by atoms with Crippen molar-refractivity contribution in [3.63, 3.8) is 0 Å². The van der Waals surface area contributed by atoms with Crippen LogP contribution >= 0.6 is 11.6 Å². The van der Waals surface area contributed by atoms with Gasteiger partial charge < -0.3 is 10.2 Å². The molecule has 0 bridgehead atoms. The van der Waals surface area contributed by atoms with Crippen LogP contribution in [0.25, 0.3) is 0 Å². The molecule has 0 aromatic carbocycles. The van der Waals surface area contributed by atoms with Gasteiger partial charge in [0.25, 0.3) is 11.5 Å². The molecule has 1 fully saturated rings. The van der Waals surface area contributed by atoms with Gasteiger partial charge in [-0.25, -0.2) is 4.39 Å². The molecule has 0 aromatic rings. The maximum absolute atomic E-state index is 12.2. The Morgan fingerprint density at radius 2 is 2.00 bits per heavy atom. The van der Waals surface area contributed by atoms with Crippen LogP contribution in [0.5, 0.6) is 0 Å². The number of hydrogen-bond acceptors (Lipinski definition) is 2. The summed E-state index contributed by atoms with van der Waals surface area (Å²) in [7, 11) is 0. The Labute approximate surface area is 86.4 Å². The molecule has 0 saturated carbocycles. The molecule has 1 aliphatic heterocycles. The maximum atomic E-state index is 12.2. The standard InChI is InChI=1S/C8H12ClFN2O2/c9-7(10)8(14)11-5-6(13)12-3-1-2-4-12/h7H,1-5H2,(H,11,14). The first-order valence-corrected chi connectivity index (χ1v) is 4.88. The smallest absolute Gasteiger partial charge is 0.270 e. The Kier molecular flexibility index (Phi) is 4.13. The van der Waals surface area contributed by atoms with Gasteiger partial charge in [0.1, 0.15) is 0 Å². The van der Waals surface area contributed by atoms with E-state index in [9.17, 15) is 14.0 Å². The monoisotopic (exact) mass is 222 g/mol. The molecular weight excluding hydrogens is 211 g/mol. The Morgan fingerprint density at radius 1 is 1.43 bits per heavy atom. The van der Waals surface area contributed by atoms with Crippen molar-refractivity contribution in [2.24, 2.45) is 0 Å². The Hall–Kier alpha value is -0.840. The molecule has 1 saturated heterocycles. The number of alkyl halides is 2. The third kappa shape index (κ3) is 3.14. The summed E-state index contributed by atoms with van der Waals surface area (Å²) >= 11 is 4.87. The average molecular weight is 223 g/mol. The van der Waals surface area contributed by atoms with Gasteiger partial charge >= 0.3 is 0 Å². The van der Waals surface area contributed by atoms with E-state index < -0.39 is 11.5 Å². The molecule has 0 spiro atoms. The number of carbonyl (C=O) groups is 2. The first-order valence-electron chi connectivity index (χ1n) is 4.45. The van der Waals surface area contributed by atoms with Gasteiger partial charge in [0, 0.05) is 13.1 Å². The molecule has 2 amide bonds. The molecule has 1 aliphatic rings. The van der Waals surface area contributed by atoms with E-state index in [2.05, 4.69) is 5.32 Å². The zero-order valence-electron chi connectivity index (χ0n) is 7.63. The van der Waals surface area contributed by atoms with Crippen molar-refractivity contribution in [3.8, 4) is 0 Å². The first kappa shape index (κ1) is 11.2. The highest BCUT2D eigenvalue weighted by Gasteiger charge is 2.19. The molecule has 1 heterocycles. The minimum Gasteiger partial charge on any atom is -0.343 e. The first-order chi connectivity index (χ1) is 6.61. The molecule has 0 aliphatic carbocycles. The van der Waals surface area contributed by atoms with Gasteiger partial charge in [0.05, 0.1) is 6.54 Å². The summed E-state index contributed by atoms with van der Waals surface area (Å²) in [5, 5.41) is 2.12. The van der Waals surface area contributed by atoms with Crippen LogP contribution in [0.1, 0.15) is 12.8 Å². The number of hydrogen-bond donors (Lipinski definition) is 1. The number of rotatable bonds is 3. The van der Waals surface area contributed by atoms with Gasteiger partial charge in [0.2, 0.25) is 5.91 Å². The molecule has 1 unspecified atom stereocenters. The summed E-state index contributed by atoms with van der Waals surface area (Å²) in [6.07, 6.45) is 1.97. The topological polar surface area (TPSA) is 49.4 Å². The predicted octanol–water partition coefficient (Wildman–Crippen LogP) is 0.259. The number of nitrogens with one attached hydrogen (secondary N) is 1. The summed E-state index contributed by atoms with van der Waals surface area (Å²) in [4.78, 5) is 23.6. The highest BCUT2D eigenvalue weighted by atomic mass is 35.5. The predicted molar refractivity (Wildman–Crippen MR) is 49.6 cm³/mol.